The number of rotatable bonds is 4. The first-order valence-corrected chi connectivity index (χ1v) is 7.93. The molecule has 1 fully saturated rings. The number of guanidine groups is 1. The molecule has 0 spiro atoms. The third-order valence-electron chi connectivity index (χ3n) is 3.93. The molecular weight excluding hydrogens is 403 g/mol. The van der Waals surface area contributed by atoms with Crippen LogP contribution in [0.3, 0.4) is 0 Å². The topological polar surface area (TPSA) is 61.9 Å². The smallest absolute Gasteiger partial charge is 0.253 e. The van der Waals surface area contributed by atoms with E-state index in [9.17, 15) is 4.79 Å². The maximum Gasteiger partial charge on any atom is 0.253 e. The van der Waals surface area contributed by atoms with Gasteiger partial charge in [-0.05, 0) is 43.4 Å². The number of nitrogens with zero attached hydrogens (tertiary/aromatic N) is 3. The van der Waals surface area contributed by atoms with Crippen molar-refractivity contribution >= 4 is 35.8 Å². The molecule has 1 amide bonds. The van der Waals surface area contributed by atoms with Crippen molar-refractivity contribution in [3.63, 3.8) is 0 Å². The van der Waals surface area contributed by atoms with E-state index in [0.29, 0.717) is 12.5 Å². The maximum absolute atomic E-state index is 12.0. The third kappa shape index (κ3) is 6.01. The zero-order valence-electron chi connectivity index (χ0n) is 14.0. The van der Waals surface area contributed by atoms with Crippen molar-refractivity contribution in [2.24, 2.45) is 10.7 Å². The van der Waals surface area contributed by atoms with Crippen LogP contribution in [-0.4, -0.2) is 55.4 Å². The summed E-state index contributed by atoms with van der Waals surface area (Å²) in [6.45, 7) is 2.69. The van der Waals surface area contributed by atoms with Crippen LogP contribution in [0.15, 0.2) is 29.3 Å². The summed E-state index contributed by atoms with van der Waals surface area (Å²) < 4.78 is 0. The van der Waals surface area contributed by atoms with Crippen molar-refractivity contribution < 1.29 is 4.79 Å². The highest BCUT2D eigenvalue weighted by atomic mass is 127. The molecule has 1 aliphatic rings. The lowest BCUT2D eigenvalue weighted by Crippen LogP contribution is -2.41. The molecule has 0 atom stereocenters. The van der Waals surface area contributed by atoms with Crippen molar-refractivity contribution in [2.45, 2.75) is 25.7 Å². The molecule has 1 heterocycles. The number of hydrogen-bond donors (Lipinski definition) is 1. The molecule has 1 aliphatic heterocycles. The molecule has 0 radical (unpaired) electrons. The Kier molecular flexibility index (Phi) is 8.36. The van der Waals surface area contributed by atoms with Crippen LogP contribution in [0.25, 0.3) is 0 Å². The summed E-state index contributed by atoms with van der Waals surface area (Å²) in [6, 6.07) is 7.73. The first-order chi connectivity index (χ1) is 10.6. The minimum atomic E-state index is 0. The Bertz CT molecular complexity index is 539. The molecule has 0 aromatic heterocycles. The standard InChI is InChI=1S/C17H26N4O.HI/c1-20(2)16(22)15-8-6-7-14(13-15)9-10-19-17(18)21-11-4-3-5-12-21;/h6-8,13H,3-5,9-12H2,1-2H3,(H2,18,19);1H. The summed E-state index contributed by atoms with van der Waals surface area (Å²) in [4.78, 5) is 20.2. The second-order valence-electron chi connectivity index (χ2n) is 5.94. The summed E-state index contributed by atoms with van der Waals surface area (Å²) in [5.74, 6) is 0.679. The molecule has 2 N–H and O–H groups in total. The first kappa shape index (κ1) is 19.7. The number of carbonyl (C=O) groups is 1. The van der Waals surface area contributed by atoms with Gasteiger partial charge in [-0.1, -0.05) is 12.1 Å². The number of carbonyl (C=O) groups excluding carboxylic acids is 1. The zero-order valence-corrected chi connectivity index (χ0v) is 16.3. The molecule has 1 aromatic carbocycles. The highest BCUT2D eigenvalue weighted by Crippen LogP contribution is 2.10. The Morgan fingerprint density at radius 2 is 1.96 bits per heavy atom. The van der Waals surface area contributed by atoms with Crippen LogP contribution in [0, 0.1) is 0 Å². The van der Waals surface area contributed by atoms with E-state index in [1.165, 1.54) is 19.3 Å². The highest BCUT2D eigenvalue weighted by Gasteiger charge is 2.11. The average molecular weight is 430 g/mol. The van der Waals surface area contributed by atoms with Crippen LogP contribution in [0.4, 0.5) is 0 Å². The molecule has 6 heteroatoms. The Morgan fingerprint density at radius 1 is 1.26 bits per heavy atom. The van der Waals surface area contributed by atoms with Gasteiger partial charge in [0.05, 0.1) is 0 Å². The number of halogens is 1. The van der Waals surface area contributed by atoms with E-state index in [1.54, 1.807) is 19.0 Å². The van der Waals surface area contributed by atoms with Gasteiger partial charge in [-0.25, -0.2) is 0 Å². The molecule has 128 valence electrons. The summed E-state index contributed by atoms with van der Waals surface area (Å²) in [5.41, 5.74) is 7.88. The molecule has 23 heavy (non-hydrogen) atoms. The number of likely N-dealkylation sites (tertiary alicyclic amines) is 1. The molecule has 0 aliphatic carbocycles. The molecule has 1 aromatic rings. The van der Waals surface area contributed by atoms with Gasteiger partial charge in [-0.15, -0.1) is 24.0 Å². The normalized spacial score (nSPS) is 15.0. The summed E-state index contributed by atoms with van der Waals surface area (Å²) >= 11 is 0. The van der Waals surface area contributed by atoms with E-state index in [0.717, 1.165) is 30.6 Å². The van der Waals surface area contributed by atoms with Gasteiger partial charge >= 0.3 is 0 Å². The van der Waals surface area contributed by atoms with E-state index >= 15 is 0 Å². The summed E-state index contributed by atoms with van der Waals surface area (Å²) in [6.07, 6.45) is 4.48. The van der Waals surface area contributed by atoms with Crippen molar-refractivity contribution in [3.8, 4) is 0 Å². The van der Waals surface area contributed by atoms with Gasteiger partial charge in [0, 0.05) is 39.3 Å². The van der Waals surface area contributed by atoms with Crippen molar-refractivity contribution in [3.05, 3.63) is 35.4 Å². The Balaban J connectivity index is 0.00000264. The number of aliphatic imine (C=N–C) groups is 1. The molecule has 0 bridgehead atoms. The summed E-state index contributed by atoms with van der Waals surface area (Å²) in [7, 11) is 3.53. The largest absolute Gasteiger partial charge is 0.370 e. The highest BCUT2D eigenvalue weighted by molar-refractivity contribution is 14.0. The average Bonchev–Trinajstić information content (AvgIpc) is 2.55. The van der Waals surface area contributed by atoms with Crippen LogP contribution in [0.2, 0.25) is 0 Å². The van der Waals surface area contributed by atoms with Crippen LogP contribution >= 0.6 is 24.0 Å². The predicted molar refractivity (Wildman–Crippen MR) is 105 cm³/mol. The van der Waals surface area contributed by atoms with Crippen molar-refractivity contribution in [1.29, 1.82) is 0 Å². The molecule has 0 saturated carbocycles. The van der Waals surface area contributed by atoms with Gasteiger partial charge in [0.15, 0.2) is 5.96 Å². The van der Waals surface area contributed by atoms with E-state index in [-0.39, 0.29) is 29.9 Å². The fraction of sp³-hybridized carbons (Fsp3) is 0.529. The third-order valence-corrected chi connectivity index (χ3v) is 3.93. The zero-order chi connectivity index (χ0) is 15.9. The van der Waals surface area contributed by atoms with Crippen LogP contribution in [0.5, 0.6) is 0 Å². The lowest BCUT2D eigenvalue weighted by molar-refractivity contribution is 0.0827. The van der Waals surface area contributed by atoms with Crippen LogP contribution < -0.4 is 5.73 Å². The minimum absolute atomic E-state index is 0. The number of amides is 1. The van der Waals surface area contributed by atoms with Crippen molar-refractivity contribution in [2.75, 3.05) is 33.7 Å². The van der Waals surface area contributed by atoms with Gasteiger partial charge in [-0.3, -0.25) is 9.79 Å². The monoisotopic (exact) mass is 430 g/mol. The lowest BCUT2D eigenvalue weighted by atomic mass is 10.1. The predicted octanol–water partition coefficient (Wildman–Crippen LogP) is 2.35. The van der Waals surface area contributed by atoms with Gasteiger partial charge in [0.2, 0.25) is 0 Å². The lowest BCUT2D eigenvalue weighted by Gasteiger charge is -2.27. The number of nitrogens with two attached hydrogens (primary N) is 1. The van der Waals surface area contributed by atoms with E-state index in [1.807, 2.05) is 24.3 Å². The second-order valence-corrected chi connectivity index (χ2v) is 5.94. The number of piperidine rings is 1. The van der Waals surface area contributed by atoms with Crippen LogP contribution in [0.1, 0.15) is 35.2 Å². The second kappa shape index (κ2) is 9.75. The van der Waals surface area contributed by atoms with Crippen LogP contribution in [-0.2, 0) is 6.42 Å². The first-order valence-electron chi connectivity index (χ1n) is 7.93. The minimum Gasteiger partial charge on any atom is -0.370 e. The van der Waals surface area contributed by atoms with Gasteiger partial charge in [-0.2, -0.15) is 0 Å². The molecule has 0 unspecified atom stereocenters. The van der Waals surface area contributed by atoms with Gasteiger partial charge in [0.25, 0.3) is 5.91 Å². The van der Waals surface area contributed by atoms with Gasteiger partial charge in [0.1, 0.15) is 0 Å². The quantitative estimate of drug-likeness (QED) is 0.453. The van der Waals surface area contributed by atoms with Crippen molar-refractivity contribution in [1.82, 2.24) is 9.80 Å². The fourth-order valence-electron chi connectivity index (χ4n) is 2.64. The van der Waals surface area contributed by atoms with E-state index in [4.69, 9.17) is 5.73 Å². The Labute approximate surface area is 156 Å². The molecular formula is C17H27IN4O. The molecule has 2 rings (SSSR count). The molecule has 5 nitrogen and oxygen atoms in total. The Morgan fingerprint density at radius 3 is 2.61 bits per heavy atom. The van der Waals surface area contributed by atoms with Gasteiger partial charge < -0.3 is 15.5 Å². The van der Waals surface area contributed by atoms with E-state index < -0.39 is 0 Å². The summed E-state index contributed by atoms with van der Waals surface area (Å²) in [5, 5.41) is 0. The molecule has 1 saturated heterocycles. The fourth-order valence-corrected chi connectivity index (χ4v) is 2.64. The Hall–Kier alpha value is -1.31. The maximum atomic E-state index is 12.0. The number of hydrogen-bond acceptors (Lipinski definition) is 2. The number of benzene rings is 1. The van der Waals surface area contributed by atoms with E-state index in [2.05, 4.69) is 9.89 Å². The SMILES string of the molecule is CN(C)C(=O)c1cccc(CCN=C(N)N2CCCCC2)c1.I.